The highest BCUT2D eigenvalue weighted by molar-refractivity contribution is 5.82. The Bertz CT molecular complexity index is 995. The van der Waals surface area contributed by atoms with Gasteiger partial charge in [0.2, 0.25) is 5.91 Å². The third-order valence-corrected chi connectivity index (χ3v) is 3.86. The van der Waals surface area contributed by atoms with Crippen molar-refractivity contribution >= 4 is 28.9 Å². The van der Waals surface area contributed by atoms with Crippen LogP contribution >= 0.6 is 0 Å². The van der Waals surface area contributed by atoms with Gasteiger partial charge in [-0.2, -0.15) is 13.2 Å². The minimum Gasteiger partial charge on any atom is -0.393 e. The Balaban J connectivity index is 1.67. The quantitative estimate of drug-likeness (QED) is 0.471. The van der Waals surface area contributed by atoms with Crippen LogP contribution in [0.5, 0.6) is 0 Å². The third kappa shape index (κ3) is 5.34. The van der Waals surface area contributed by atoms with Crippen LogP contribution in [0, 0.1) is 0 Å². The number of hydrogen-bond donors (Lipinski definition) is 4. The fraction of sp³-hybridized carbons (Fsp3) is 0.105. The van der Waals surface area contributed by atoms with Crippen LogP contribution in [0.1, 0.15) is 11.1 Å². The van der Waals surface area contributed by atoms with E-state index in [9.17, 15) is 18.0 Å². The highest BCUT2D eigenvalue weighted by Crippen LogP contribution is 2.32. The molecule has 0 unspecified atom stereocenters. The van der Waals surface area contributed by atoms with E-state index >= 15 is 0 Å². The number of carbonyl (C=O) groups is 1. The molecule has 10 heteroatoms. The number of aromatic nitrogens is 2. The summed E-state index contributed by atoms with van der Waals surface area (Å²) in [7, 11) is 0. The Morgan fingerprint density at radius 3 is 2.45 bits per heavy atom. The summed E-state index contributed by atoms with van der Waals surface area (Å²) in [5.74, 6) is -0.114. The normalized spacial score (nSPS) is 11.0. The fourth-order valence-electron chi connectivity index (χ4n) is 2.46. The van der Waals surface area contributed by atoms with Crippen molar-refractivity contribution in [3.63, 3.8) is 0 Å². The van der Waals surface area contributed by atoms with E-state index in [0.717, 1.165) is 24.0 Å². The number of nitrogens with two attached hydrogens (primary N) is 1. The van der Waals surface area contributed by atoms with Gasteiger partial charge in [0.1, 0.15) is 12.0 Å². The smallest absolute Gasteiger partial charge is 0.393 e. The lowest BCUT2D eigenvalue weighted by Crippen LogP contribution is -2.31. The number of hydrogen-bond acceptors (Lipinski definition) is 6. The molecule has 0 aliphatic heterocycles. The standard InChI is InChI=1S/C19H17F3N6O/c20-19(21,22)13-7-4-8-14(10-13)26-17-16(23)18(25-11-24-17)28-27-15(29)9-12-5-2-1-3-6-12/h1-8,10-11H,9,23H2,(H,27,29)(H2,24,25,26,28). The number of carbonyl (C=O) groups excluding carboxylic acids is 1. The van der Waals surface area contributed by atoms with Crippen molar-refractivity contribution in [1.29, 1.82) is 0 Å². The van der Waals surface area contributed by atoms with Gasteiger partial charge in [0, 0.05) is 5.69 Å². The van der Waals surface area contributed by atoms with Crippen molar-refractivity contribution in [2.75, 3.05) is 16.5 Å². The van der Waals surface area contributed by atoms with E-state index in [1.165, 1.54) is 12.1 Å². The maximum atomic E-state index is 12.9. The van der Waals surface area contributed by atoms with Gasteiger partial charge in [-0.15, -0.1) is 0 Å². The minimum absolute atomic E-state index is 0.0323. The molecule has 3 rings (SSSR count). The molecule has 0 atom stereocenters. The second kappa shape index (κ2) is 8.46. The van der Waals surface area contributed by atoms with Crippen molar-refractivity contribution in [3.05, 3.63) is 72.1 Å². The predicted octanol–water partition coefficient (Wildman–Crippen LogP) is 3.51. The molecule has 1 heterocycles. The van der Waals surface area contributed by atoms with Crippen LogP contribution in [0.25, 0.3) is 0 Å². The molecule has 7 nitrogen and oxygen atoms in total. The number of hydrazine groups is 1. The first-order valence-electron chi connectivity index (χ1n) is 8.46. The molecule has 3 aromatic rings. The number of rotatable bonds is 6. The maximum Gasteiger partial charge on any atom is 0.416 e. The number of nitrogen functional groups attached to an aromatic ring is 1. The molecule has 29 heavy (non-hydrogen) atoms. The summed E-state index contributed by atoms with van der Waals surface area (Å²) in [6.07, 6.45) is -3.16. The van der Waals surface area contributed by atoms with Crippen LogP contribution in [0.4, 0.5) is 36.2 Å². The Morgan fingerprint density at radius 1 is 1.00 bits per heavy atom. The second-order valence-corrected chi connectivity index (χ2v) is 6.02. The van der Waals surface area contributed by atoms with Gasteiger partial charge in [0.15, 0.2) is 11.6 Å². The first-order valence-corrected chi connectivity index (χ1v) is 8.46. The molecule has 2 aromatic carbocycles. The lowest BCUT2D eigenvalue weighted by Gasteiger charge is -2.14. The fourth-order valence-corrected chi connectivity index (χ4v) is 2.46. The molecule has 0 fully saturated rings. The first kappa shape index (κ1) is 19.9. The van der Waals surface area contributed by atoms with Gasteiger partial charge in [-0.3, -0.25) is 15.6 Å². The molecule has 0 aliphatic carbocycles. The van der Waals surface area contributed by atoms with Crippen molar-refractivity contribution in [1.82, 2.24) is 15.4 Å². The Morgan fingerprint density at radius 2 is 1.72 bits per heavy atom. The minimum atomic E-state index is -4.47. The van der Waals surface area contributed by atoms with Crippen LogP contribution in [0.3, 0.4) is 0 Å². The SMILES string of the molecule is Nc1c(NNC(=O)Cc2ccccc2)ncnc1Nc1cccc(C(F)(F)F)c1. The van der Waals surface area contributed by atoms with Crippen molar-refractivity contribution < 1.29 is 18.0 Å². The third-order valence-electron chi connectivity index (χ3n) is 3.86. The average molecular weight is 402 g/mol. The number of halogens is 3. The summed E-state index contributed by atoms with van der Waals surface area (Å²) >= 11 is 0. The summed E-state index contributed by atoms with van der Waals surface area (Å²) in [6, 6.07) is 13.7. The van der Waals surface area contributed by atoms with Gasteiger partial charge in [-0.25, -0.2) is 9.97 Å². The number of benzene rings is 2. The molecule has 1 amide bonds. The number of anilines is 4. The van der Waals surface area contributed by atoms with E-state index in [-0.39, 0.29) is 35.3 Å². The molecule has 0 bridgehead atoms. The van der Waals surface area contributed by atoms with Crippen LogP contribution in [0.15, 0.2) is 60.9 Å². The predicted molar refractivity (Wildman–Crippen MR) is 103 cm³/mol. The van der Waals surface area contributed by atoms with Crippen molar-refractivity contribution in [3.8, 4) is 0 Å². The molecule has 0 spiro atoms. The van der Waals surface area contributed by atoms with E-state index in [4.69, 9.17) is 5.73 Å². The Labute approximate surface area is 164 Å². The lowest BCUT2D eigenvalue weighted by atomic mass is 10.1. The monoisotopic (exact) mass is 402 g/mol. The Kier molecular flexibility index (Phi) is 5.82. The number of nitrogens with one attached hydrogen (secondary N) is 3. The zero-order chi connectivity index (χ0) is 20.9. The molecule has 0 aliphatic rings. The van der Waals surface area contributed by atoms with Gasteiger partial charge in [-0.05, 0) is 23.8 Å². The number of nitrogens with zero attached hydrogens (tertiary/aromatic N) is 2. The van der Waals surface area contributed by atoms with Crippen LogP contribution in [-0.2, 0) is 17.4 Å². The van der Waals surface area contributed by atoms with Gasteiger partial charge in [-0.1, -0.05) is 36.4 Å². The van der Waals surface area contributed by atoms with Gasteiger partial charge >= 0.3 is 6.18 Å². The van der Waals surface area contributed by atoms with Crippen molar-refractivity contribution in [2.45, 2.75) is 12.6 Å². The summed E-state index contributed by atoms with van der Waals surface area (Å²) < 4.78 is 38.6. The highest BCUT2D eigenvalue weighted by atomic mass is 19.4. The van der Waals surface area contributed by atoms with Crippen LogP contribution in [0.2, 0.25) is 0 Å². The zero-order valence-electron chi connectivity index (χ0n) is 15.0. The van der Waals surface area contributed by atoms with E-state index in [1.807, 2.05) is 30.3 Å². The molecule has 150 valence electrons. The number of alkyl halides is 3. The second-order valence-electron chi connectivity index (χ2n) is 6.02. The topological polar surface area (TPSA) is 105 Å². The molecule has 5 N–H and O–H groups in total. The number of amides is 1. The maximum absolute atomic E-state index is 12.9. The lowest BCUT2D eigenvalue weighted by molar-refractivity contribution is -0.137. The molecule has 0 saturated heterocycles. The van der Waals surface area contributed by atoms with E-state index < -0.39 is 11.7 Å². The molecular formula is C19H17F3N6O. The summed E-state index contributed by atoms with van der Waals surface area (Å²) in [5, 5.41) is 2.72. The van der Waals surface area contributed by atoms with E-state index in [1.54, 1.807) is 0 Å². The van der Waals surface area contributed by atoms with Crippen LogP contribution < -0.4 is 21.9 Å². The van der Waals surface area contributed by atoms with E-state index in [0.29, 0.717) is 0 Å². The van der Waals surface area contributed by atoms with Crippen molar-refractivity contribution in [2.24, 2.45) is 0 Å². The Hall–Kier alpha value is -3.82. The van der Waals surface area contributed by atoms with E-state index in [2.05, 4.69) is 26.1 Å². The molecule has 0 saturated carbocycles. The first-order chi connectivity index (χ1) is 13.8. The molecule has 0 radical (unpaired) electrons. The average Bonchev–Trinajstić information content (AvgIpc) is 2.69. The highest BCUT2D eigenvalue weighted by Gasteiger charge is 2.30. The van der Waals surface area contributed by atoms with Gasteiger partial charge < -0.3 is 11.1 Å². The van der Waals surface area contributed by atoms with Gasteiger partial charge in [0.25, 0.3) is 0 Å². The molecular weight excluding hydrogens is 385 g/mol. The zero-order valence-corrected chi connectivity index (χ0v) is 15.0. The summed E-state index contributed by atoms with van der Waals surface area (Å²) in [6.45, 7) is 0. The summed E-state index contributed by atoms with van der Waals surface area (Å²) in [5.41, 5.74) is 11.3. The van der Waals surface area contributed by atoms with Crippen LogP contribution in [-0.4, -0.2) is 15.9 Å². The summed E-state index contributed by atoms with van der Waals surface area (Å²) in [4.78, 5) is 19.9. The largest absolute Gasteiger partial charge is 0.416 e. The van der Waals surface area contributed by atoms with Gasteiger partial charge in [0.05, 0.1) is 12.0 Å². The molecule has 1 aromatic heterocycles.